The van der Waals surface area contributed by atoms with Gasteiger partial charge in [0.05, 0.1) is 12.3 Å². The summed E-state index contributed by atoms with van der Waals surface area (Å²) in [6, 6.07) is 19.6. The highest BCUT2D eigenvalue weighted by atomic mass is 16.5. The lowest BCUT2D eigenvalue weighted by molar-refractivity contribution is 0.0940. The Labute approximate surface area is 164 Å². The minimum Gasteiger partial charge on any atom is -0.494 e. The number of aromatic amines is 1. The normalized spacial score (nSPS) is 16.2. The van der Waals surface area contributed by atoms with Gasteiger partial charge in [0, 0.05) is 30.8 Å². The van der Waals surface area contributed by atoms with Gasteiger partial charge in [-0.15, -0.1) is 0 Å². The summed E-state index contributed by atoms with van der Waals surface area (Å²) in [4.78, 5) is 14.7. The summed E-state index contributed by atoms with van der Waals surface area (Å²) in [5.41, 5.74) is 2.76. The number of nitrogens with zero attached hydrogens (tertiary/aromatic N) is 2. The lowest BCUT2D eigenvalue weighted by Gasteiger charge is -2.16. The predicted octanol–water partition coefficient (Wildman–Crippen LogP) is 3.48. The standard InChI is InChI=1S/C22H24N4O2/c1-2-28-19-10-8-17(9-11-19)22(27)23-18-12-13-26(15-18)21-14-20(24-25-21)16-6-4-3-5-7-16/h3-11,14,18H,2,12-13,15H2,1H3,(H,23,27)(H,24,25). The fraction of sp³-hybridized carbons (Fsp3) is 0.273. The minimum absolute atomic E-state index is 0.0538. The molecule has 2 aromatic carbocycles. The van der Waals surface area contributed by atoms with E-state index in [2.05, 4.69) is 38.6 Å². The van der Waals surface area contributed by atoms with Gasteiger partial charge in [-0.2, -0.15) is 5.10 Å². The van der Waals surface area contributed by atoms with Crippen molar-refractivity contribution in [2.75, 3.05) is 24.6 Å². The molecular weight excluding hydrogens is 352 g/mol. The molecule has 0 radical (unpaired) electrons. The third-order valence-corrected chi connectivity index (χ3v) is 4.92. The van der Waals surface area contributed by atoms with Crippen molar-refractivity contribution < 1.29 is 9.53 Å². The molecule has 2 N–H and O–H groups in total. The maximum atomic E-state index is 12.5. The Morgan fingerprint density at radius 3 is 2.75 bits per heavy atom. The Balaban J connectivity index is 1.35. The van der Waals surface area contributed by atoms with Crippen molar-refractivity contribution in [2.45, 2.75) is 19.4 Å². The number of rotatable bonds is 6. The number of H-pyrrole nitrogens is 1. The first kappa shape index (κ1) is 18.1. The Morgan fingerprint density at radius 1 is 1.21 bits per heavy atom. The van der Waals surface area contributed by atoms with Crippen LogP contribution in [0, 0.1) is 0 Å². The second-order valence-corrected chi connectivity index (χ2v) is 6.87. The molecule has 0 saturated carbocycles. The number of benzene rings is 2. The van der Waals surface area contributed by atoms with E-state index in [0.29, 0.717) is 12.2 Å². The van der Waals surface area contributed by atoms with E-state index in [4.69, 9.17) is 4.74 Å². The second kappa shape index (κ2) is 8.17. The van der Waals surface area contributed by atoms with Crippen LogP contribution in [-0.4, -0.2) is 41.8 Å². The number of carbonyl (C=O) groups is 1. The molecular formula is C22H24N4O2. The van der Waals surface area contributed by atoms with Crippen LogP contribution >= 0.6 is 0 Å². The van der Waals surface area contributed by atoms with Gasteiger partial charge >= 0.3 is 0 Å². The topological polar surface area (TPSA) is 70.2 Å². The van der Waals surface area contributed by atoms with Crippen molar-refractivity contribution in [1.29, 1.82) is 0 Å². The Bertz CT molecular complexity index is 921. The summed E-state index contributed by atoms with van der Waals surface area (Å²) < 4.78 is 5.42. The lowest BCUT2D eigenvalue weighted by Crippen LogP contribution is -2.37. The molecule has 6 nitrogen and oxygen atoms in total. The molecule has 28 heavy (non-hydrogen) atoms. The maximum Gasteiger partial charge on any atom is 0.251 e. The molecule has 6 heteroatoms. The van der Waals surface area contributed by atoms with Crippen LogP contribution in [0.3, 0.4) is 0 Å². The van der Waals surface area contributed by atoms with Crippen LogP contribution in [0.2, 0.25) is 0 Å². The molecule has 1 unspecified atom stereocenters. The quantitative estimate of drug-likeness (QED) is 0.691. The monoisotopic (exact) mass is 376 g/mol. The first-order valence-corrected chi connectivity index (χ1v) is 9.62. The van der Waals surface area contributed by atoms with E-state index < -0.39 is 0 Å². The van der Waals surface area contributed by atoms with Gasteiger partial charge < -0.3 is 15.0 Å². The van der Waals surface area contributed by atoms with Gasteiger partial charge in [-0.25, -0.2) is 0 Å². The van der Waals surface area contributed by atoms with Gasteiger partial charge in [-0.1, -0.05) is 30.3 Å². The molecule has 1 aliphatic rings. The Kier molecular flexibility index (Phi) is 5.28. The molecule has 144 valence electrons. The van der Waals surface area contributed by atoms with Crippen LogP contribution in [0.4, 0.5) is 5.82 Å². The molecule has 2 heterocycles. The Morgan fingerprint density at radius 2 is 2.00 bits per heavy atom. The molecule has 1 fully saturated rings. The fourth-order valence-electron chi connectivity index (χ4n) is 3.46. The molecule has 1 aromatic heterocycles. The van der Waals surface area contributed by atoms with Crippen LogP contribution in [-0.2, 0) is 0 Å². The van der Waals surface area contributed by atoms with E-state index in [1.165, 1.54) is 0 Å². The van der Waals surface area contributed by atoms with E-state index in [1.54, 1.807) is 12.1 Å². The zero-order valence-corrected chi connectivity index (χ0v) is 15.9. The average molecular weight is 376 g/mol. The number of anilines is 1. The van der Waals surface area contributed by atoms with Gasteiger partial charge in [0.15, 0.2) is 5.82 Å². The molecule has 0 spiro atoms. The average Bonchev–Trinajstić information content (AvgIpc) is 3.39. The molecule has 0 bridgehead atoms. The summed E-state index contributed by atoms with van der Waals surface area (Å²) in [6.07, 6.45) is 0.899. The molecule has 4 rings (SSSR count). The van der Waals surface area contributed by atoms with Crippen LogP contribution in [0.1, 0.15) is 23.7 Å². The third kappa shape index (κ3) is 4.01. The van der Waals surface area contributed by atoms with Crippen molar-refractivity contribution >= 4 is 11.7 Å². The number of ether oxygens (including phenoxy) is 1. The van der Waals surface area contributed by atoms with E-state index in [1.807, 2.05) is 37.3 Å². The third-order valence-electron chi connectivity index (χ3n) is 4.92. The first-order chi connectivity index (χ1) is 13.7. The smallest absolute Gasteiger partial charge is 0.251 e. The van der Waals surface area contributed by atoms with E-state index in [-0.39, 0.29) is 11.9 Å². The van der Waals surface area contributed by atoms with Crippen molar-refractivity contribution in [3.05, 3.63) is 66.2 Å². The zero-order chi connectivity index (χ0) is 19.3. The maximum absolute atomic E-state index is 12.5. The molecule has 0 aliphatic carbocycles. The highest BCUT2D eigenvalue weighted by Crippen LogP contribution is 2.24. The van der Waals surface area contributed by atoms with Gasteiger partial charge in [0.25, 0.3) is 5.91 Å². The molecule has 1 atom stereocenters. The van der Waals surface area contributed by atoms with E-state index in [9.17, 15) is 4.79 Å². The van der Waals surface area contributed by atoms with Crippen molar-refractivity contribution in [1.82, 2.24) is 15.5 Å². The number of hydrogen-bond donors (Lipinski definition) is 2. The number of aromatic nitrogens is 2. The van der Waals surface area contributed by atoms with E-state index in [0.717, 1.165) is 42.3 Å². The van der Waals surface area contributed by atoms with Crippen molar-refractivity contribution in [3.63, 3.8) is 0 Å². The zero-order valence-electron chi connectivity index (χ0n) is 15.9. The Hall–Kier alpha value is -3.28. The highest BCUT2D eigenvalue weighted by Gasteiger charge is 2.26. The van der Waals surface area contributed by atoms with Crippen LogP contribution in [0.5, 0.6) is 5.75 Å². The summed E-state index contributed by atoms with van der Waals surface area (Å²) in [6.45, 7) is 4.17. The summed E-state index contributed by atoms with van der Waals surface area (Å²) >= 11 is 0. The van der Waals surface area contributed by atoms with Crippen LogP contribution in [0.25, 0.3) is 11.3 Å². The van der Waals surface area contributed by atoms with Crippen LogP contribution < -0.4 is 15.0 Å². The number of amides is 1. The van der Waals surface area contributed by atoms with Crippen molar-refractivity contribution in [3.8, 4) is 17.0 Å². The number of nitrogens with one attached hydrogen (secondary N) is 2. The summed E-state index contributed by atoms with van der Waals surface area (Å²) in [5.74, 6) is 1.64. The number of carbonyl (C=O) groups excluding carboxylic acids is 1. The summed E-state index contributed by atoms with van der Waals surface area (Å²) in [5, 5.41) is 10.7. The lowest BCUT2D eigenvalue weighted by atomic mass is 10.1. The number of hydrogen-bond acceptors (Lipinski definition) is 4. The molecule has 1 aliphatic heterocycles. The molecule has 1 saturated heterocycles. The van der Waals surface area contributed by atoms with Gasteiger partial charge in [0.1, 0.15) is 5.75 Å². The van der Waals surface area contributed by atoms with Gasteiger partial charge in [0.2, 0.25) is 0 Å². The predicted molar refractivity (Wildman–Crippen MR) is 110 cm³/mol. The van der Waals surface area contributed by atoms with Gasteiger partial charge in [-0.05, 0) is 43.2 Å². The molecule has 3 aromatic rings. The second-order valence-electron chi connectivity index (χ2n) is 6.87. The minimum atomic E-state index is -0.0538. The first-order valence-electron chi connectivity index (χ1n) is 9.62. The fourth-order valence-corrected chi connectivity index (χ4v) is 3.46. The largest absolute Gasteiger partial charge is 0.494 e. The highest BCUT2D eigenvalue weighted by molar-refractivity contribution is 5.94. The molecule has 1 amide bonds. The SMILES string of the molecule is CCOc1ccc(C(=O)NC2CCN(c3cc(-c4ccccc4)[nH]n3)C2)cc1. The van der Waals surface area contributed by atoms with Crippen LogP contribution in [0.15, 0.2) is 60.7 Å². The van der Waals surface area contributed by atoms with Crippen molar-refractivity contribution in [2.24, 2.45) is 0 Å². The van der Waals surface area contributed by atoms with E-state index >= 15 is 0 Å². The summed E-state index contributed by atoms with van der Waals surface area (Å²) in [7, 11) is 0. The van der Waals surface area contributed by atoms with Gasteiger partial charge in [-0.3, -0.25) is 9.89 Å².